The highest BCUT2D eigenvalue weighted by molar-refractivity contribution is 7.98. The van der Waals surface area contributed by atoms with Gasteiger partial charge in [-0.25, -0.2) is 4.39 Å². The maximum atomic E-state index is 14.5. The zero-order chi connectivity index (χ0) is 23.0. The third kappa shape index (κ3) is 11.2. The van der Waals surface area contributed by atoms with Gasteiger partial charge in [0.1, 0.15) is 5.82 Å². The van der Waals surface area contributed by atoms with Crippen molar-refractivity contribution in [2.45, 2.75) is 44.9 Å². The molecule has 0 saturated carbocycles. The summed E-state index contributed by atoms with van der Waals surface area (Å²) in [6.45, 7) is 6.46. The van der Waals surface area contributed by atoms with Crippen LogP contribution in [0.3, 0.4) is 0 Å². The van der Waals surface area contributed by atoms with Crippen LogP contribution in [0.5, 0.6) is 0 Å². The van der Waals surface area contributed by atoms with Gasteiger partial charge in [-0.3, -0.25) is 9.98 Å². The lowest BCUT2D eigenvalue weighted by atomic mass is 9.93. The van der Waals surface area contributed by atoms with Crippen molar-refractivity contribution in [3.05, 3.63) is 58.7 Å². The zero-order valence-electron chi connectivity index (χ0n) is 19.1. The second-order valence-electron chi connectivity index (χ2n) is 8.08. The standard InChI is InChI=1S/C25H36ClFN4S/c1-20(31-13-14-32-2)15-23-8-7-22(16-25(23)27)6-4-3-5-21-9-11-28-17-24(26)18-30-19-29-12-10-21/h7-8,16-19,21,31H,1,3-6,9-15H2,2H3,(H,29,30)/b24-18+,28-17?. The molecule has 1 heterocycles. The first kappa shape index (κ1) is 26.5. The predicted molar refractivity (Wildman–Crippen MR) is 140 cm³/mol. The minimum Gasteiger partial charge on any atom is -0.388 e. The minimum atomic E-state index is -0.133. The highest BCUT2D eigenvalue weighted by Gasteiger charge is 2.09. The fraction of sp³-hybridized carbons (Fsp3) is 0.520. The van der Waals surface area contributed by atoms with Crippen LogP contribution in [0.2, 0.25) is 0 Å². The Hall–Kier alpha value is -1.79. The largest absolute Gasteiger partial charge is 0.388 e. The molecule has 1 unspecified atom stereocenters. The summed E-state index contributed by atoms with van der Waals surface area (Å²) in [5.41, 5.74) is 2.63. The highest BCUT2D eigenvalue weighted by atomic mass is 35.5. The summed E-state index contributed by atoms with van der Waals surface area (Å²) in [6.07, 6.45) is 14.0. The van der Waals surface area contributed by atoms with Crippen LogP contribution in [0.4, 0.5) is 4.39 Å². The molecule has 32 heavy (non-hydrogen) atoms. The van der Waals surface area contributed by atoms with Gasteiger partial charge in [-0.05, 0) is 55.1 Å². The van der Waals surface area contributed by atoms with Crippen LogP contribution >= 0.6 is 23.4 Å². The minimum absolute atomic E-state index is 0.133. The van der Waals surface area contributed by atoms with E-state index < -0.39 is 0 Å². The molecule has 1 aromatic carbocycles. The first-order valence-corrected chi connectivity index (χ1v) is 13.1. The van der Waals surface area contributed by atoms with Crippen LogP contribution < -0.4 is 10.6 Å². The summed E-state index contributed by atoms with van der Waals surface area (Å²) >= 11 is 7.81. The summed E-state index contributed by atoms with van der Waals surface area (Å²) in [5.74, 6) is 1.48. The molecule has 0 radical (unpaired) electrons. The third-order valence-corrected chi connectivity index (χ3v) is 6.28. The Labute approximate surface area is 201 Å². The van der Waals surface area contributed by atoms with Gasteiger partial charge < -0.3 is 10.6 Å². The van der Waals surface area contributed by atoms with Crippen molar-refractivity contribution in [2.24, 2.45) is 15.9 Å². The van der Waals surface area contributed by atoms with E-state index in [1.807, 2.05) is 6.07 Å². The van der Waals surface area contributed by atoms with Gasteiger partial charge in [0.15, 0.2) is 0 Å². The van der Waals surface area contributed by atoms with Crippen molar-refractivity contribution in [3.8, 4) is 0 Å². The van der Waals surface area contributed by atoms with Crippen molar-refractivity contribution in [1.82, 2.24) is 10.6 Å². The molecular weight excluding hydrogens is 443 g/mol. The third-order valence-electron chi connectivity index (χ3n) is 5.46. The molecule has 1 aliphatic rings. The Balaban J connectivity index is 1.74. The molecule has 0 saturated heterocycles. The number of unbranched alkanes of at least 4 members (excludes halogenated alkanes) is 1. The molecule has 1 aromatic rings. The fourth-order valence-electron chi connectivity index (χ4n) is 3.64. The Morgan fingerprint density at radius 1 is 1.28 bits per heavy atom. The van der Waals surface area contributed by atoms with E-state index in [0.29, 0.717) is 22.9 Å². The van der Waals surface area contributed by atoms with E-state index in [9.17, 15) is 4.39 Å². The summed E-state index contributed by atoms with van der Waals surface area (Å²) in [4.78, 5) is 8.79. The van der Waals surface area contributed by atoms with Crippen LogP contribution in [0.1, 0.15) is 43.2 Å². The zero-order valence-corrected chi connectivity index (χ0v) is 20.7. The van der Waals surface area contributed by atoms with E-state index in [1.54, 1.807) is 36.6 Å². The van der Waals surface area contributed by atoms with Crippen molar-refractivity contribution in [2.75, 3.05) is 31.6 Å². The lowest BCUT2D eigenvalue weighted by Gasteiger charge is -2.15. The molecule has 7 heteroatoms. The molecule has 0 fully saturated rings. The number of hydrogen-bond acceptors (Lipinski definition) is 5. The number of benzene rings is 1. The SMILES string of the molecule is C=C(Cc1ccc(CCCCC2CCN=CN/C=C(/Cl)C=NCC2)cc1F)NCCSC. The first-order chi connectivity index (χ1) is 15.6. The summed E-state index contributed by atoms with van der Waals surface area (Å²) in [7, 11) is 0. The van der Waals surface area contributed by atoms with Crippen molar-refractivity contribution >= 4 is 35.9 Å². The molecule has 4 nitrogen and oxygen atoms in total. The van der Waals surface area contributed by atoms with E-state index in [-0.39, 0.29) is 5.82 Å². The Bertz CT molecular complexity index is 794. The van der Waals surface area contributed by atoms with Crippen molar-refractivity contribution in [1.29, 1.82) is 0 Å². The van der Waals surface area contributed by atoms with Crippen LogP contribution in [0, 0.1) is 11.7 Å². The maximum Gasteiger partial charge on any atom is 0.127 e. The van der Waals surface area contributed by atoms with E-state index in [2.05, 4.69) is 39.5 Å². The van der Waals surface area contributed by atoms with Crippen LogP contribution in [0.25, 0.3) is 0 Å². The Kier molecular flexibility index (Phi) is 13.2. The predicted octanol–water partition coefficient (Wildman–Crippen LogP) is 5.73. The second-order valence-corrected chi connectivity index (χ2v) is 9.50. The topological polar surface area (TPSA) is 48.8 Å². The number of aliphatic imine (C=N–C) groups is 2. The molecule has 0 bridgehead atoms. The van der Waals surface area contributed by atoms with E-state index in [0.717, 1.165) is 75.2 Å². The number of rotatable bonds is 11. The molecular formula is C25H36ClFN4S. The number of nitrogens with one attached hydrogen (secondary N) is 2. The van der Waals surface area contributed by atoms with Gasteiger partial charge in [0.05, 0.1) is 11.4 Å². The monoisotopic (exact) mass is 478 g/mol. The smallest absolute Gasteiger partial charge is 0.127 e. The molecule has 0 aromatic heterocycles. The first-order valence-electron chi connectivity index (χ1n) is 11.4. The van der Waals surface area contributed by atoms with Gasteiger partial charge >= 0.3 is 0 Å². The van der Waals surface area contributed by atoms with E-state index >= 15 is 0 Å². The number of aryl methyl sites for hydroxylation is 1. The Morgan fingerprint density at radius 3 is 2.88 bits per heavy atom. The van der Waals surface area contributed by atoms with Gasteiger partial charge in [-0.2, -0.15) is 11.8 Å². The lowest BCUT2D eigenvalue weighted by molar-refractivity contribution is 0.414. The maximum absolute atomic E-state index is 14.5. The molecule has 2 rings (SSSR count). The average molecular weight is 479 g/mol. The number of allylic oxidation sites excluding steroid dienone is 2. The fourth-order valence-corrected chi connectivity index (χ4v) is 4.08. The molecule has 0 aliphatic carbocycles. The van der Waals surface area contributed by atoms with Gasteiger partial charge in [0.2, 0.25) is 0 Å². The average Bonchev–Trinajstić information content (AvgIpc) is 2.76. The van der Waals surface area contributed by atoms with Crippen molar-refractivity contribution < 1.29 is 4.39 Å². The number of hydrogen-bond donors (Lipinski definition) is 2. The lowest BCUT2D eigenvalue weighted by Crippen LogP contribution is -2.17. The second kappa shape index (κ2) is 15.9. The highest BCUT2D eigenvalue weighted by Crippen LogP contribution is 2.20. The van der Waals surface area contributed by atoms with Gasteiger partial charge in [-0.1, -0.05) is 43.2 Å². The van der Waals surface area contributed by atoms with E-state index in [4.69, 9.17) is 11.6 Å². The van der Waals surface area contributed by atoms with Crippen LogP contribution in [-0.4, -0.2) is 44.2 Å². The molecule has 1 atom stereocenters. The molecule has 0 amide bonds. The molecule has 176 valence electrons. The van der Waals surface area contributed by atoms with Crippen molar-refractivity contribution in [3.63, 3.8) is 0 Å². The number of halogens is 2. The van der Waals surface area contributed by atoms with E-state index in [1.165, 1.54) is 0 Å². The Morgan fingerprint density at radius 2 is 2.09 bits per heavy atom. The summed E-state index contributed by atoms with van der Waals surface area (Å²) in [6, 6.07) is 5.65. The summed E-state index contributed by atoms with van der Waals surface area (Å²) < 4.78 is 14.5. The number of thioether (sulfide) groups is 1. The van der Waals surface area contributed by atoms with Gasteiger partial charge in [0, 0.05) is 49.9 Å². The number of nitrogens with zero attached hydrogens (tertiary/aromatic N) is 2. The van der Waals surface area contributed by atoms with Crippen LogP contribution in [-0.2, 0) is 12.8 Å². The van der Waals surface area contributed by atoms with Crippen LogP contribution in [0.15, 0.2) is 51.7 Å². The molecule has 0 spiro atoms. The van der Waals surface area contributed by atoms with Gasteiger partial charge in [0.25, 0.3) is 0 Å². The summed E-state index contributed by atoms with van der Waals surface area (Å²) in [5, 5.41) is 6.78. The van der Waals surface area contributed by atoms with Gasteiger partial charge in [-0.15, -0.1) is 0 Å². The normalized spacial score (nSPS) is 18.7. The molecule has 2 N–H and O–H groups in total. The quantitative estimate of drug-likeness (QED) is 0.399. The molecule has 1 aliphatic heterocycles.